The fraction of sp³-hybridized carbons (Fsp3) is 0.0556. The van der Waals surface area contributed by atoms with E-state index in [2.05, 4.69) is 196 Å². The second kappa shape index (κ2) is 13.6. The molecule has 58 heavy (non-hydrogen) atoms. The summed E-state index contributed by atoms with van der Waals surface area (Å²) in [5, 5.41) is 2.46. The molecule has 1 aliphatic rings. The Hall–Kier alpha value is -7.01. The molecule has 10 aromatic rings. The molecule has 0 bridgehead atoms. The van der Waals surface area contributed by atoms with Gasteiger partial charge in [-0.05, 0) is 67.8 Å². The van der Waals surface area contributed by atoms with Crippen molar-refractivity contribution in [2.75, 3.05) is 0 Å². The molecule has 0 N–H and O–H groups in total. The SMILES string of the molecule is CC1(C)c2ccccc2-c2c(-c3ccc(-c4ccccc4-c4nc(-c5ccccc5-c5ccccc5)nc(-c5cccc6c5sc5ccccc56)n4)cc3)cccc21. The summed E-state index contributed by atoms with van der Waals surface area (Å²) in [4.78, 5) is 15.9. The van der Waals surface area contributed by atoms with Gasteiger partial charge in [-0.3, -0.25) is 0 Å². The van der Waals surface area contributed by atoms with Gasteiger partial charge < -0.3 is 0 Å². The first-order valence-corrected chi connectivity index (χ1v) is 20.6. The Morgan fingerprint density at radius 2 is 0.793 bits per heavy atom. The predicted molar refractivity (Wildman–Crippen MR) is 243 cm³/mol. The van der Waals surface area contributed by atoms with E-state index in [9.17, 15) is 0 Å². The maximum absolute atomic E-state index is 5.33. The second-order valence-corrected chi connectivity index (χ2v) is 16.6. The van der Waals surface area contributed by atoms with Gasteiger partial charge in [0.15, 0.2) is 17.5 Å². The van der Waals surface area contributed by atoms with Gasteiger partial charge in [-0.2, -0.15) is 0 Å². The van der Waals surface area contributed by atoms with Crippen molar-refractivity contribution < 1.29 is 0 Å². The summed E-state index contributed by atoms with van der Waals surface area (Å²) in [7, 11) is 0. The minimum atomic E-state index is -0.0484. The lowest BCUT2D eigenvalue weighted by atomic mass is 9.82. The van der Waals surface area contributed by atoms with Crippen LogP contribution in [0.5, 0.6) is 0 Å². The number of aromatic nitrogens is 3. The average molecular weight is 760 g/mol. The molecular formula is C54H37N3S. The summed E-state index contributed by atoms with van der Waals surface area (Å²) in [6.07, 6.45) is 0. The van der Waals surface area contributed by atoms with E-state index in [4.69, 9.17) is 15.0 Å². The third-order valence-electron chi connectivity index (χ3n) is 11.8. The fourth-order valence-electron chi connectivity index (χ4n) is 8.96. The molecule has 0 atom stereocenters. The molecule has 2 heterocycles. The van der Waals surface area contributed by atoms with E-state index in [0.29, 0.717) is 17.5 Å². The summed E-state index contributed by atoms with van der Waals surface area (Å²) < 4.78 is 2.42. The van der Waals surface area contributed by atoms with Gasteiger partial charge in [0.1, 0.15) is 0 Å². The van der Waals surface area contributed by atoms with Crippen LogP contribution in [0, 0.1) is 0 Å². The van der Waals surface area contributed by atoms with Crippen LogP contribution in [0.3, 0.4) is 0 Å². The first-order valence-electron chi connectivity index (χ1n) is 19.8. The van der Waals surface area contributed by atoms with Gasteiger partial charge in [-0.1, -0.05) is 190 Å². The van der Waals surface area contributed by atoms with E-state index in [1.54, 1.807) is 11.3 Å². The Morgan fingerprint density at radius 3 is 1.48 bits per heavy atom. The molecule has 1 aliphatic carbocycles. The van der Waals surface area contributed by atoms with Gasteiger partial charge >= 0.3 is 0 Å². The monoisotopic (exact) mass is 759 g/mol. The second-order valence-electron chi connectivity index (χ2n) is 15.5. The summed E-state index contributed by atoms with van der Waals surface area (Å²) in [5.41, 5.74) is 15.1. The molecule has 8 aromatic carbocycles. The number of nitrogens with zero attached hydrogens (tertiary/aromatic N) is 3. The van der Waals surface area contributed by atoms with Crippen molar-refractivity contribution in [3.8, 4) is 78.7 Å². The van der Waals surface area contributed by atoms with Crippen molar-refractivity contribution in [2.24, 2.45) is 0 Å². The van der Waals surface area contributed by atoms with Crippen LogP contribution in [0.25, 0.3) is 98.8 Å². The van der Waals surface area contributed by atoms with E-state index in [1.165, 1.54) is 53.6 Å². The molecule has 0 aliphatic heterocycles. The molecule has 0 unspecified atom stereocenters. The van der Waals surface area contributed by atoms with Crippen molar-refractivity contribution >= 4 is 31.5 Å². The van der Waals surface area contributed by atoms with E-state index in [-0.39, 0.29) is 5.41 Å². The molecule has 11 rings (SSSR count). The first kappa shape index (κ1) is 34.3. The van der Waals surface area contributed by atoms with Crippen molar-refractivity contribution in [2.45, 2.75) is 19.3 Å². The molecular weight excluding hydrogens is 723 g/mol. The van der Waals surface area contributed by atoms with Crippen LogP contribution < -0.4 is 0 Å². The highest BCUT2D eigenvalue weighted by molar-refractivity contribution is 7.26. The normalized spacial score (nSPS) is 12.8. The van der Waals surface area contributed by atoms with Crippen molar-refractivity contribution in [1.82, 2.24) is 15.0 Å². The van der Waals surface area contributed by atoms with E-state index in [0.717, 1.165) is 38.9 Å². The smallest absolute Gasteiger partial charge is 0.165 e. The number of thiophene rings is 1. The minimum absolute atomic E-state index is 0.0484. The summed E-state index contributed by atoms with van der Waals surface area (Å²) in [6, 6.07) is 67.1. The van der Waals surface area contributed by atoms with E-state index >= 15 is 0 Å². The standard InChI is InChI=1S/C54H37N3S/c1-54(2)46-27-12-10-23-44(46)49-39(24-15-28-47(49)54)36-32-30-35(31-33-36)38-19-7-9-22-43(38)52-55-51(42-21-8-6-18-37(42)34-16-4-3-5-17-34)56-53(57-52)45-26-14-25-41-40-20-11-13-29-48(40)58-50(41)45/h3-33H,1-2H3. The Labute approximate surface area is 342 Å². The van der Waals surface area contributed by atoms with E-state index in [1.807, 2.05) is 6.07 Å². The number of hydrogen-bond donors (Lipinski definition) is 0. The third kappa shape index (κ3) is 5.52. The molecule has 2 aromatic heterocycles. The lowest BCUT2D eigenvalue weighted by Gasteiger charge is -2.21. The lowest BCUT2D eigenvalue weighted by Crippen LogP contribution is -2.14. The van der Waals surface area contributed by atoms with Crippen molar-refractivity contribution in [3.63, 3.8) is 0 Å². The molecule has 4 heteroatoms. The molecule has 274 valence electrons. The van der Waals surface area contributed by atoms with Gasteiger partial charge in [0, 0.05) is 42.3 Å². The van der Waals surface area contributed by atoms with Gasteiger partial charge in [0.2, 0.25) is 0 Å². The Balaban J connectivity index is 1.07. The highest BCUT2D eigenvalue weighted by atomic mass is 32.1. The summed E-state index contributed by atoms with van der Waals surface area (Å²) in [5.74, 6) is 1.94. The topological polar surface area (TPSA) is 38.7 Å². The van der Waals surface area contributed by atoms with Gasteiger partial charge in [0.25, 0.3) is 0 Å². The maximum atomic E-state index is 5.33. The van der Waals surface area contributed by atoms with Crippen LogP contribution in [0.2, 0.25) is 0 Å². The Morgan fingerprint density at radius 1 is 0.345 bits per heavy atom. The summed E-state index contributed by atoms with van der Waals surface area (Å²) >= 11 is 1.79. The Kier molecular flexibility index (Phi) is 8.02. The van der Waals surface area contributed by atoms with Crippen LogP contribution in [0.1, 0.15) is 25.0 Å². The average Bonchev–Trinajstić information content (AvgIpc) is 3.79. The zero-order valence-electron chi connectivity index (χ0n) is 32.1. The predicted octanol–water partition coefficient (Wildman–Crippen LogP) is 14.5. The molecule has 0 saturated heterocycles. The van der Waals surface area contributed by atoms with Gasteiger partial charge in [0.05, 0.1) is 0 Å². The maximum Gasteiger partial charge on any atom is 0.165 e. The summed E-state index contributed by atoms with van der Waals surface area (Å²) in [6.45, 7) is 4.67. The van der Waals surface area contributed by atoms with Crippen molar-refractivity contribution in [3.05, 3.63) is 199 Å². The van der Waals surface area contributed by atoms with Crippen molar-refractivity contribution in [1.29, 1.82) is 0 Å². The minimum Gasteiger partial charge on any atom is -0.208 e. The number of fused-ring (bicyclic) bond motifs is 6. The first-order chi connectivity index (χ1) is 28.5. The quantitative estimate of drug-likeness (QED) is 0.169. The molecule has 0 fully saturated rings. The van der Waals surface area contributed by atoms with Crippen LogP contribution in [0.4, 0.5) is 0 Å². The van der Waals surface area contributed by atoms with Crippen LogP contribution >= 0.6 is 11.3 Å². The van der Waals surface area contributed by atoms with Gasteiger partial charge in [-0.25, -0.2) is 15.0 Å². The zero-order chi connectivity index (χ0) is 38.8. The third-order valence-corrected chi connectivity index (χ3v) is 13.0. The molecule has 0 saturated carbocycles. The van der Waals surface area contributed by atoms with Crippen LogP contribution in [-0.2, 0) is 5.41 Å². The zero-order valence-corrected chi connectivity index (χ0v) is 33.0. The molecule has 0 spiro atoms. The molecule has 0 radical (unpaired) electrons. The molecule has 0 amide bonds. The van der Waals surface area contributed by atoms with E-state index < -0.39 is 0 Å². The Bertz CT molecular complexity index is 3200. The van der Waals surface area contributed by atoms with Crippen LogP contribution in [0.15, 0.2) is 188 Å². The highest BCUT2D eigenvalue weighted by Gasteiger charge is 2.36. The van der Waals surface area contributed by atoms with Crippen LogP contribution in [-0.4, -0.2) is 15.0 Å². The lowest BCUT2D eigenvalue weighted by molar-refractivity contribution is 0.660. The van der Waals surface area contributed by atoms with Gasteiger partial charge in [-0.15, -0.1) is 11.3 Å². The highest BCUT2D eigenvalue weighted by Crippen LogP contribution is 2.52. The number of hydrogen-bond acceptors (Lipinski definition) is 4. The molecule has 3 nitrogen and oxygen atoms in total. The number of benzene rings is 8. The fourth-order valence-corrected chi connectivity index (χ4v) is 10.2. The number of rotatable bonds is 6. The largest absolute Gasteiger partial charge is 0.208 e.